The maximum absolute atomic E-state index is 13.4. The zero-order valence-electron chi connectivity index (χ0n) is 12.4. The van der Waals surface area contributed by atoms with Crippen LogP contribution in [0.2, 0.25) is 5.02 Å². The van der Waals surface area contributed by atoms with Crippen molar-refractivity contribution >= 4 is 34.1 Å². The van der Waals surface area contributed by atoms with Crippen molar-refractivity contribution in [2.45, 2.75) is 13.3 Å². The fourth-order valence-corrected chi connectivity index (χ4v) is 3.26. The SMILES string of the molecule is Cc1cc2c(cn1)CCN2C(=O)c1cc2c(Cl)cc(F)cc2[nH]1. The highest BCUT2D eigenvalue weighted by Crippen LogP contribution is 2.31. The topological polar surface area (TPSA) is 49.0 Å². The molecule has 0 saturated carbocycles. The average Bonchev–Trinajstić information content (AvgIpc) is 3.10. The van der Waals surface area contributed by atoms with Crippen molar-refractivity contribution in [1.29, 1.82) is 0 Å². The molecule has 23 heavy (non-hydrogen) atoms. The van der Waals surface area contributed by atoms with E-state index < -0.39 is 5.82 Å². The van der Waals surface area contributed by atoms with Crippen LogP contribution >= 0.6 is 11.6 Å². The molecule has 4 rings (SSSR count). The Kier molecular flexibility index (Phi) is 3.13. The van der Waals surface area contributed by atoms with Crippen molar-refractivity contribution in [3.05, 3.63) is 58.3 Å². The van der Waals surface area contributed by atoms with Crippen LogP contribution in [0.1, 0.15) is 21.7 Å². The van der Waals surface area contributed by atoms with Gasteiger partial charge in [0.15, 0.2) is 0 Å². The molecule has 0 bridgehead atoms. The third-order valence-electron chi connectivity index (χ3n) is 4.12. The first-order chi connectivity index (χ1) is 11.0. The minimum atomic E-state index is -0.434. The number of nitrogens with zero attached hydrogens (tertiary/aromatic N) is 2. The number of hydrogen-bond donors (Lipinski definition) is 1. The lowest BCUT2D eigenvalue weighted by Gasteiger charge is -2.16. The highest BCUT2D eigenvalue weighted by atomic mass is 35.5. The summed E-state index contributed by atoms with van der Waals surface area (Å²) < 4.78 is 13.4. The summed E-state index contributed by atoms with van der Waals surface area (Å²) in [5.41, 5.74) is 3.73. The summed E-state index contributed by atoms with van der Waals surface area (Å²) in [5.74, 6) is -0.585. The van der Waals surface area contributed by atoms with Gasteiger partial charge in [0, 0.05) is 23.8 Å². The predicted molar refractivity (Wildman–Crippen MR) is 87.6 cm³/mol. The summed E-state index contributed by atoms with van der Waals surface area (Å²) in [6.07, 6.45) is 2.60. The molecule has 0 fully saturated rings. The van der Waals surface area contributed by atoms with Gasteiger partial charge in [0.05, 0.1) is 16.2 Å². The third-order valence-corrected chi connectivity index (χ3v) is 4.43. The second-order valence-corrected chi connectivity index (χ2v) is 6.10. The Morgan fingerprint density at radius 1 is 1.35 bits per heavy atom. The van der Waals surface area contributed by atoms with E-state index in [4.69, 9.17) is 11.6 Å². The molecule has 0 atom stereocenters. The standard InChI is InChI=1S/C17H13ClFN3O/c1-9-4-16-10(8-20-9)2-3-22(16)17(23)15-7-12-13(18)5-11(19)6-14(12)21-15/h4-8,21H,2-3H2,1H3. The van der Waals surface area contributed by atoms with Crippen molar-refractivity contribution in [1.82, 2.24) is 9.97 Å². The summed E-state index contributed by atoms with van der Waals surface area (Å²) in [5, 5.41) is 0.930. The Morgan fingerprint density at radius 2 is 2.17 bits per heavy atom. The minimum Gasteiger partial charge on any atom is -0.350 e. The first-order valence-electron chi connectivity index (χ1n) is 7.28. The van der Waals surface area contributed by atoms with Gasteiger partial charge in [0.1, 0.15) is 11.5 Å². The van der Waals surface area contributed by atoms with E-state index in [0.717, 1.165) is 23.4 Å². The molecule has 1 aliphatic rings. The molecule has 1 N–H and O–H groups in total. The van der Waals surface area contributed by atoms with Gasteiger partial charge in [-0.3, -0.25) is 9.78 Å². The lowest BCUT2D eigenvalue weighted by molar-refractivity contribution is 0.0985. The number of carbonyl (C=O) groups is 1. The number of pyridine rings is 1. The number of anilines is 1. The van der Waals surface area contributed by atoms with Crippen molar-refractivity contribution in [2.75, 3.05) is 11.4 Å². The number of hydrogen-bond acceptors (Lipinski definition) is 2. The summed E-state index contributed by atoms with van der Waals surface area (Å²) in [4.78, 5) is 21.8. The first kappa shape index (κ1) is 14.2. The molecule has 0 aliphatic carbocycles. The lowest BCUT2D eigenvalue weighted by Crippen LogP contribution is -2.29. The zero-order chi connectivity index (χ0) is 16.1. The molecule has 0 saturated heterocycles. The van der Waals surface area contributed by atoms with E-state index in [2.05, 4.69) is 9.97 Å². The van der Waals surface area contributed by atoms with E-state index in [0.29, 0.717) is 23.1 Å². The van der Waals surface area contributed by atoms with Crippen LogP contribution in [-0.2, 0) is 6.42 Å². The second kappa shape index (κ2) is 5.06. The molecule has 4 nitrogen and oxygen atoms in total. The number of aromatic amines is 1. The van der Waals surface area contributed by atoms with Crippen LogP contribution in [0.15, 0.2) is 30.5 Å². The molecular weight excluding hydrogens is 317 g/mol. The maximum atomic E-state index is 13.4. The molecule has 3 aromatic rings. The largest absolute Gasteiger partial charge is 0.350 e. The number of aryl methyl sites for hydroxylation is 1. The van der Waals surface area contributed by atoms with Crippen LogP contribution in [0.5, 0.6) is 0 Å². The van der Waals surface area contributed by atoms with Gasteiger partial charge >= 0.3 is 0 Å². The van der Waals surface area contributed by atoms with E-state index in [1.54, 1.807) is 11.0 Å². The van der Waals surface area contributed by atoms with Gasteiger partial charge in [-0.25, -0.2) is 4.39 Å². The number of benzene rings is 1. The molecule has 1 aliphatic heterocycles. The number of aromatic nitrogens is 2. The van der Waals surface area contributed by atoms with Crippen LogP contribution in [0, 0.1) is 12.7 Å². The highest BCUT2D eigenvalue weighted by molar-refractivity contribution is 6.35. The van der Waals surface area contributed by atoms with Gasteiger partial charge in [0.25, 0.3) is 5.91 Å². The van der Waals surface area contributed by atoms with Gasteiger partial charge in [-0.2, -0.15) is 0 Å². The third kappa shape index (κ3) is 2.28. The number of nitrogens with one attached hydrogen (secondary N) is 1. The summed E-state index contributed by atoms with van der Waals surface area (Å²) in [6.45, 7) is 2.50. The zero-order valence-corrected chi connectivity index (χ0v) is 13.1. The van der Waals surface area contributed by atoms with Crippen molar-refractivity contribution in [3.63, 3.8) is 0 Å². The van der Waals surface area contributed by atoms with Crippen LogP contribution < -0.4 is 4.90 Å². The first-order valence-corrected chi connectivity index (χ1v) is 7.66. The number of fused-ring (bicyclic) bond motifs is 2. The van der Waals surface area contributed by atoms with Crippen molar-refractivity contribution in [3.8, 4) is 0 Å². The fraction of sp³-hybridized carbons (Fsp3) is 0.176. The van der Waals surface area contributed by atoms with Gasteiger partial charge in [0.2, 0.25) is 0 Å². The van der Waals surface area contributed by atoms with Gasteiger partial charge in [-0.15, -0.1) is 0 Å². The van der Waals surface area contributed by atoms with Crippen LogP contribution in [0.4, 0.5) is 10.1 Å². The molecule has 6 heteroatoms. The van der Waals surface area contributed by atoms with E-state index >= 15 is 0 Å². The predicted octanol–water partition coefficient (Wildman–Crippen LogP) is 3.87. The molecule has 2 aromatic heterocycles. The normalized spacial score (nSPS) is 13.6. The Balaban J connectivity index is 1.76. The molecule has 1 aromatic carbocycles. The molecule has 0 radical (unpaired) electrons. The van der Waals surface area contributed by atoms with Crippen LogP contribution in [0.3, 0.4) is 0 Å². The Labute approximate surface area is 136 Å². The summed E-state index contributed by atoms with van der Waals surface area (Å²) in [6, 6.07) is 6.16. The van der Waals surface area contributed by atoms with E-state index in [1.807, 2.05) is 19.2 Å². The highest BCUT2D eigenvalue weighted by Gasteiger charge is 2.27. The Bertz CT molecular complexity index is 950. The lowest BCUT2D eigenvalue weighted by atomic mass is 10.2. The number of carbonyl (C=O) groups excluding carboxylic acids is 1. The Hall–Kier alpha value is -2.40. The summed E-state index contributed by atoms with van der Waals surface area (Å²) in [7, 11) is 0. The fourth-order valence-electron chi connectivity index (χ4n) is 3.00. The van der Waals surface area contributed by atoms with Crippen LogP contribution in [-0.4, -0.2) is 22.4 Å². The van der Waals surface area contributed by atoms with Crippen molar-refractivity contribution in [2.24, 2.45) is 0 Å². The van der Waals surface area contributed by atoms with Crippen molar-refractivity contribution < 1.29 is 9.18 Å². The van der Waals surface area contributed by atoms with Gasteiger partial charge < -0.3 is 9.88 Å². The van der Waals surface area contributed by atoms with E-state index in [-0.39, 0.29) is 10.9 Å². The van der Waals surface area contributed by atoms with Gasteiger partial charge in [-0.05, 0) is 43.2 Å². The quantitative estimate of drug-likeness (QED) is 0.737. The maximum Gasteiger partial charge on any atom is 0.274 e. The smallest absolute Gasteiger partial charge is 0.274 e. The summed E-state index contributed by atoms with van der Waals surface area (Å²) >= 11 is 6.05. The van der Waals surface area contributed by atoms with E-state index in [9.17, 15) is 9.18 Å². The number of amides is 1. The minimum absolute atomic E-state index is 0.151. The molecular formula is C17H13ClFN3O. The van der Waals surface area contributed by atoms with Crippen LogP contribution in [0.25, 0.3) is 10.9 Å². The molecule has 0 unspecified atom stereocenters. The monoisotopic (exact) mass is 329 g/mol. The number of H-pyrrole nitrogens is 1. The average molecular weight is 330 g/mol. The van der Waals surface area contributed by atoms with E-state index in [1.165, 1.54) is 12.1 Å². The molecule has 3 heterocycles. The molecule has 1 amide bonds. The number of rotatable bonds is 1. The number of halogens is 2. The molecule has 0 spiro atoms. The Morgan fingerprint density at radius 3 is 3.00 bits per heavy atom. The second-order valence-electron chi connectivity index (χ2n) is 5.69. The van der Waals surface area contributed by atoms with Gasteiger partial charge in [-0.1, -0.05) is 11.6 Å². The molecule has 116 valence electrons.